The summed E-state index contributed by atoms with van der Waals surface area (Å²) in [5, 5.41) is 9.55. The second kappa shape index (κ2) is 3.79. The Kier molecular flexibility index (Phi) is 2.68. The van der Waals surface area contributed by atoms with Crippen LogP contribution in [0.15, 0.2) is 0 Å². The van der Waals surface area contributed by atoms with Crippen molar-refractivity contribution in [3.63, 3.8) is 0 Å². The van der Waals surface area contributed by atoms with E-state index >= 15 is 0 Å². The van der Waals surface area contributed by atoms with Crippen molar-refractivity contribution < 1.29 is 9.90 Å². The van der Waals surface area contributed by atoms with Gasteiger partial charge in [0.1, 0.15) is 6.10 Å². The van der Waals surface area contributed by atoms with E-state index in [1.807, 2.05) is 0 Å². The van der Waals surface area contributed by atoms with E-state index in [0.717, 1.165) is 19.3 Å². The Morgan fingerprint density at radius 2 is 1.69 bits per heavy atom. The van der Waals surface area contributed by atoms with Crippen molar-refractivity contribution in [3.05, 3.63) is 0 Å². The first-order valence-corrected chi connectivity index (χ1v) is 5.51. The number of Topliss-reactive ketones (excluding diaryl/α,β-unsaturated/α-hetero) is 1. The molecule has 0 amide bonds. The molecule has 2 heteroatoms. The lowest BCUT2D eigenvalue weighted by atomic mass is 9.76. The Hall–Kier alpha value is -0.370. The highest BCUT2D eigenvalue weighted by molar-refractivity contribution is 5.85. The lowest BCUT2D eigenvalue weighted by Gasteiger charge is -2.28. The topological polar surface area (TPSA) is 37.3 Å². The Labute approximate surface area is 79.3 Å². The largest absolute Gasteiger partial charge is 0.385 e. The SMILES string of the molecule is O=C1C2CCCCC2CCC[C@H]1O. The molecule has 0 aromatic heterocycles. The summed E-state index contributed by atoms with van der Waals surface area (Å²) in [7, 11) is 0. The van der Waals surface area contributed by atoms with Gasteiger partial charge in [0, 0.05) is 5.92 Å². The Bertz CT molecular complexity index is 200. The molecule has 74 valence electrons. The third-order valence-electron chi connectivity index (χ3n) is 3.66. The first-order valence-electron chi connectivity index (χ1n) is 5.51. The first-order chi connectivity index (χ1) is 6.29. The molecular formula is C11H18O2. The molecular weight excluding hydrogens is 164 g/mol. The number of hydrogen-bond donors (Lipinski definition) is 1. The summed E-state index contributed by atoms with van der Waals surface area (Å²) < 4.78 is 0. The van der Waals surface area contributed by atoms with Crippen LogP contribution in [0.5, 0.6) is 0 Å². The molecule has 0 saturated heterocycles. The molecule has 2 fully saturated rings. The standard InChI is InChI=1S/C11H18O2/c12-10-7-3-5-8-4-1-2-6-9(8)11(10)13/h8-10,12H,1-7H2/t8?,9?,10-/m1/s1. The van der Waals surface area contributed by atoms with Gasteiger partial charge in [-0.1, -0.05) is 19.3 Å². The van der Waals surface area contributed by atoms with Crippen LogP contribution in [0.4, 0.5) is 0 Å². The van der Waals surface area contributed by atoms with Crippen molar-refractivity contribution in [2.75, 3.05) is 0 Å². The molecule has 2 aliphatic carbocycles. The van der Waals surface area contributed by atoms with Crippen LogP contribution in [0.1, 0.15) is 44.9 Å². The van der Waals surface area contributed by atoms with Crippen LogP contribution in [0.3, 0.4) is 0 Å². The quantitative estimate of drug-likeness (QED) is 0.621. The van der Waals surface area contributed by atoms with Gasteiger partial charge in [-0.3, -0.25) is 4.79 Å². The third-order valence-corrected chi connectivity index (χ3v) is 3.66. The molecule has 3 atom stereocenters. The van der Waals surface area contributed by atoms with E-state index in [1.165, 1.54) is 19.3 Å². The van der Waals surface area contributed by atoms with Crippen LogP contribution in [0.2, 0.25) is 0 Å². The van der Waals surface area contributed by atoms with Crippen molar-refractivity contribution in [2.24, 2.45) is 11.8 Å². The molecule has 2 saturated carbocycles. The summed E-state index contributed by atoms with van der Waals surface area (Å²) in [5.74, 6) is 0.937. The molecule has 0 bridgehead atoms. The van der Waals surface area contributed by atoms with E-state index < -0.39 is 6.10 Å². The minimum Gasteiger partial charge on any atom is -0.385 e. The van der Waals surface area contributed by atoms with Crippen LogP contribution in [-0.4, -0.2) is 17.0 Å². The molecule has 0 spiro atoms. The van der Waals surface area contributed by atoms with Crippen LogP contribution < -0.4 is 0 Å². The van der Waals surface area contributed by atoms with Gasteiger partial charge in [-0.05, 0) is 31.6 Å². The zero-order valence-corrected chi connectivity index (χ0v) is 8.04. The van der Waals surface area contributed by atoms with E-state index in [1.54, 1.807) is 0 Å². The summed E-state index contributed by atoms with van der Waals surface area (Å²) in [6.07, 6.45) is 6.95. The predicted molar refractivity (Wildman–Crippen MR) is 50.3 cm³/mol. The highest BCUT2D eigenvalue weighted by atomic mass is 16.3. The van der Waals surface area contributed by atoms with Crippen molar-refractivity contribution in [1.82, 2.24) is 0 Å². The van der Waals surface area contributed by atoms with E-state index in [0.29, 0.717) is 12.3 Å². The second-order valence-electron chi connectivity index (χ2n) is 4.50. The van der Waals surface area contributed by atoms with Crippen molar-refractivity contribution >= 4 is 5.78 Å². The molecule has 0 heterocycles. The van der Waals surface area contributed by atoms with E-state index in [2.05, 4.69) is 0 Å². The highest BCUT2D eigenvalue weighted by Crippen LogP contribution is 2.37. The summed E-state index contributed by atoms with van der Waals surface area (Å²) in [5.41, 5.74) is 0. The van der Waals surface area contributed by atoms with E-state index in [-0.39, 0.29) is 11.7 Å². The number of aliphatic hydroxyl groups is 1. The number of hydrogen-bond acceptors (Lipinski definition) is 2. The lowest BCUT2D eigenvalue weighted by Crippen LogP contribution is -2.32. The molecule has 13 heavy (non-hydrogen) atoms. The predicted octanol–water partition coefficient (Wildman–Crippen LogP) is 1.91. The van der Waals surface area contributed by atoms with Crippen molar-refractivity contribution in [3.8, 4) is 0 Å². The fourth-order valence-corrected chi connectivity index (χ4v) is 2.89. The zero-order valence-electron chi connectivity index (χ0n) is 8.04. The fraction of sp³-hybridized carbons (Fsp3) is 0.909. The van der Waals surface area contributed by atoms with Crippen LogP contribution in [0, 0.1) is 11.8 Å². The van der Waals surface area contributed by atoms with Gasteiger partial charge in [-0.25, -0.2) is 0 Å². The number of ketones is 1. The van der Waals surface area contributed by atoms with Gasteiger partial charge in [0.15, 0.2) is 5.78 Å². The molecule has 1 N–H and O–H groups in total. The fourth-order valence-electron chi connectivity index (χ4n) is 2.89. The molecule has 0 radical (unpaired) electrons. The first kappa shape index (κ1) is 9.20. The van der Waals surface area contributed by atoms with Crippen LogP contribution in [0.25, 0.3) is 0 Å². The molecule has 0 aromatic carbocycles. The number of rotatable bonds is 0. The smallest absolute Gasteiger partial charge is 0.164 e. The third kappa shape index (κ3) is 1.78. The van der Waals surface area contributed by atoms with Gasteiger partial charge in [-0.15, -0.1) is 0 Å². The van der Waals surface area contributed by atoms with Gasteiger partial charge in [0.25, 0.3) is 0 Å². The van der Waals surface area contributed by atoms with Gasteiger partial charge in [0.05, 0.1) is 0 Å². The average molecular weight is 182 g/mol. The second-order valence-corrected chi connectivity index (χ2v) is 4.50. The highest BCUT2D eigenvalue weighted by Gasteiger charge is 2.35. The molecule has 2 unspecified atom stereocenters. The molecule has 0 aromatic rings. The van der Waals surface area contributed by atoms with Gasteiger partial charge in [-0.2, -0.15) is 0 Å². The number of fused-ring (bicyclic) bond motifs is 1. The van der Waals surface area contributed by atoms with E-state index in [4.69, 9.17) is 0 Å². The molecule has 2 aliphatic rings. The monoisotopic (exact) mass is 182 g/mol. The Balaban J connectivity index is 2.11. The van der Waals surface area contributed by atoms with Crippen molar-refractivity contribution in [2.45, 2.75) is 51.0 Å². The van der Waals surface area contributed by atoms with Crippen LogP contribution in [-0.2, 0) is 4.79 Å². The molecule has 2 nitrogen and oxygen atoms in total. The Morgan fingerprint density at radius 3 is 2.54 bits per heavy atom. The van der Waals surface area contributed by atoms with Gasteiger partial charge < -0.3 is 5.11 Å². The Morgan fingerprint density at radius 1 is 1.00 bits per heavy atom. The van der Waals surface area contributed by atoms with Gasteiger partial charge in [0.2, 0.25) is 0 Å². The number of aliphatic hydroxyl groups excluding tert-OH is 1. The summed E-state index contributed by atoms with van der Waals surface area (Å²) >= 11 is 0. The maximum absolute atomic E-state index is 11.7. The maximum Gasteiger partial charge on any atom is 0.164 e. The summed E-state index contributed by atoms with van der Waals surface area (Å²) in [4.78, 5) is 11.7. The summed E-state index contributed by atoms with van der Waals surface area (Å²) in [6.45, 7) is 0. The summed E-state index contributed by atoms with van der Waals surface area (Å²) in [6, 6.07) is 0. The van der Waals surface area contributed by atoms with Gasteiger partial charge >= 0.3 is 0 Å². The average Bonchev–Trinajstić information content (AvgIpc) is 2.29. The lowest BCUT2D eigenvalue weighted by molar-refractivity contribution is -0.133. The van der Waals surface area contributed by atoms with Crippen molar-refractivity contribution in [1.29, 1.82) is 0 Å². The van der Waals surface area contributed by atoms with E-state index in [9.17, 15) is 9.90 Å². The normalized spacial score (nSPS) is 41.0. The van der Waals surface area contributed by atoms with Crippen LogP contribution >= 0.6 is 0 Å². The number of carbonyl (C=O) groups is 1. The minimum absolute atomic E-state index is 0.141. The maximum atomic E-state index is 11.7. The molecule has 2 rings (SSSR count). The molecule has 0 aliphatic heterocycles. The zero-order chi connectivity index (χ0) is 9.26. The minimum atomic E-state index is -0.645. The number of carbonyl (C=O) groups excluding carboxylic acids is 1.